The first-order valence-corrected chi connectivity index (χ1v) is 4.63. The number of aliphatic hydroxyl groups excluding tert-OH is 1. The Kier molecular flexibility index (Phi) is 4.43. The third kappa shape index (κ3) is 3.53. The zero-order valence-corrected chi connectivity index (χ0v) is 7.90. The number of pyridine rings is 1. The van der Waals surface area contributed by atoms with Gasteiger partial charge in [-0.05, 0) is 19.0 Å². The summed E-state index contributed by atoms with van der Waals surface area (Å²) in [5.41, 5.74) is 0.867. The number of nitrogens with one attached hydrogen (secondary N) is 1. The summed E-state index contributed by atoms with van der Waals surface area (Å²) in [5.74, 6) is 0. The number of hydrogen-bond acceptors (Lipinski definition) is 3. The first-order valence-electron chi connectivity index (χ1n) is 4.63. The van der Waals surface area contributed by atoms with E-state index in [0.29, 0.717) is 6.54 Å². The van der Waals surface area contributed by atoms with Gasteiger partial charge in [-0.1, -0.05) is 13.0 Å². The van der Waals surface area contributed by atoms with E-state index in [2.05, 4.69) is 17.2 Å². The average Bonchev–Trinajstić information content (AvgIpc) is 2.19. The Morgan fingerprint density at radius 1 is 1.62 bits per heavy atom. The van der Waals surface area contributed by atoms with Crippen molar-refractivity contribution in [3.05, 3.63) is 30.1 Å². The highest BCUT2D eigenvalue weighted by Gasteiger charge is 2.05. The molecule has 1 aromatic heterocycles. The monoisotopic (exact) mass is 180 g/mol. The second-order valence-electron chi connectivity index (χ2n) is 3.01. The van der Waals surface area contributed by atoms with Crippen LogP contribution in [-0.2, 0) is 0 Å². The van der Waals surface area contributed by atoms with Gasteiger partial charge in [-0.2, -0.15) is 0 Å². The molecule has 3 heteroatoms. The molecule has 2 N–H and O–H groups in total. The summed E-state index contributed by atoms with van der Waals surface area (Å²) < 4.78 is 0. The van der Waals surface area contributed by atoms with E-state index in [1.165, 1.54) is 0 Å². The maximum Gasteiger partial charge on any atom is 0.0929 e. The first kappa shape index (κ1) is 10.2. The molecule has 1 aromatic rings. The van der Waals surface area contributed by atoms with Crippen molar-refractivity contribution in [1.82, 2.24) is 10.3 Å². The van der Waals surface area contributed by atoms with Crippen LogP contribution in [0.5, 0.6) is 0 Å². The van der Waals surface area contributed by atoms with Crippen LogP contribution in [0.15, 0.2) is 24.5 Å². The fourth-order valence-corrected chi connectivity index (χ4v) is 1.11. The normalized spacial score (nSPS) is 12.8. The molecule has 13 heavy (non-hydrogen) atoms. The maximum atomic E-state index is 9.64. The van der Waals surface area contributed by atoms with Crippen molar-refractivity contribution in [3.63, 3.8) is 0 Å². The molecule has 72 valence electrons. The Morgan fingerprint density at radius 3 is 3.08 bits per heavy atom. The minimum Gasteiger partial charge on any atom is -0.387 e. The van der Waals surface area contributed by atoms with Crippen molar-refractivity contribution in [2.75, 3.05) is 13.1 Å². The Hall–Kier alpha value is -0.930. The molecule has 0 amide bonds. The lowest BCUT2D eigenvalue weighted by atomic mass is 10.1. The van der Waals surface area contributed by atoms with Crippen LogP contribution in [0.25, 0.3) is 0 Å². The van der Waals surface area contributed by atoms with Crippen molar-refractivity contribution < 1.29 is 5.11 Å². The minimum atomic E-state index is -0.444. The Balaban J connectivity index is 2.35. The van der Waals surface area contributed by atoms with E-state index in [9.17, 15) is 5.11 Å². The van der Waals surface area contributed by atoms with E-state index in [1.807, 2.05) is 12.1 Å². The van der Waals surface area contributed by atoms with Crippen LogP contribution in [0.3, 0.4) is 0 Å². The van der Waals surface area contributed by atoms with Crippen molar-refractivity contribution in [3.8, 4) is 0 Å². The number of rotatable bonds is 5. The molecule has 0 unspecified atom stereocenters. The van der Waals surface area contributed by atoms with E-state index in [0.717, 1.165) is 18.5 Å². The summed E-state index contributed by atoms with van der Waals surface area (Å²) in [6.45, 7) is 3.64. The predicted molar refractivity (Wildman–Crippen MR) is 52.4 cm³/mol. The van der Waals surface area contributed by atoms with E-state index in [4.69, 9.17) is 0 Å². The average molecular weight is 180 g/mol. The SMILES string of the molecule is CCCNC[C@H](O)c1cccnc1. The van der Waals surface area contributed by atoms with Crippen LogP contribution in [0.4, 0.5) is 0 Å². The van der Waals surface area contributed by atoms with E-state index < -0.39 is 6.10 Å². The van der Waals surface area contributed by atoms with Crippen LogP contribution >= 0.6 is 0 Å². The largest absolute Gasteiger partial charge is 0.387 e. The van der Waals surface area contributed by atoms with Gasteiger partial charge in [-0.15, -0.1) is 0 Å². The zero-order chi connectivity index (χ0) is 9.52. The van der Waals surface area contributed by atoms with Gasteiger partial charge in [0.15, 0.2) is 0 Å². The van der Waals surface area contributed by atoms with Crippen LogP contribution in [-0.4, -0.2) is 23.2 Å². The van der Waals surface area contributed by atoms with Crippen LogP contribution < -0.4 is 5.32 Å². The molecule has 0 spiro atoms. The summed E-state index contributed by atoms with van der Waals surface area (Å²) >= 11 is 0. The molecule has 1 rings (SSSR count). The highest BCUT2D eigenvalue weighted by molar-refractivity contribution is 5.11. The molecule has 3 nitrogen and oxygen atoms in total. The molecule has 0 aromatic carbocycles. The molecule has 1 heterocycles. The van der Waals surface area contributed by atoms with Gasteiger partial charge in [-0.3, -0.25) is 4.98 Å². The number of aromatic nitrogens is 1. The molecule has 0 aliphatic heterocycles. The van der Waals surface area contributed by atoms with Gasteiger partial charge in [-0.25, -0.2) is 0 Å². The molecule has 0 fully saturated rings. The highest BCUT2D eigenvalue weighted by Crippen LogP contribution is 2.08. The lowest BCUT2D eigenvalue weighted by Crippen LogP contribution is -2.22. The van der Waals surface area contributed by atoms with Gasteiger partial charge < -0.3 is 10.4 Å². The minimum absolute atomic E-state index is 0.444. The van der Waals surface area contributed by atoms with Crippen LogP contribution in [0.1, 0.15) is 25.0 Å². The summed E-state index contributed by atoms with van der Waals surface area (Å²) in [4.78, 5) is 3.95. The van der Waals surface area contributed by atoms with Gasteiger partial charge in [0.1, 0.15) is 0 Å². The lowest BCUT2D eigenvalue weighted by Gasteiger charge is -2.10. The number of hydrogen-bond donors (Lipinski definition) is 2. The quantitative estimate of drug-likeness (QED) is 0.667. The summed E-state index contributed by atoms with van der Waals surface area (Å²) in [6, 6.07) is 3.71. The van der Waals surface area contributed by atoms with E-state index in [-0.39, 0.29) is 0 Å². The van der Waals surface area contributed by atoms with Crippen LogP contribution in [0.2, 0.25) is 0 Å². The Morgan fingerprint density at radius 2 is 2.46 bits per heavy atom. The summed E-state index contributed by atoms with van der Waals surface area (Å²) in [7, 11) is 0. The zero-order valence-electron chi connectivity index (χ0n) is 7.90. The van der Waals surface area contributed by atoms with Crippen molar-refractivity contribution >= 4 is 0 Å². The third-order valence-corrected chi connectivity index (χ3v) is 1.83. The van der Waals surface area contributed by atoms with Gasteiger partial charge in [0, 0.05) is 24.5 Å². The maximum absolute atomic E-state index is 9.64. The van der Waals surface area contributed by atoms with Crippen molar-refractivity contribution in [2.45, 2.75) is 19.4 Å². The van der Waals surface area contributed by atoms with Crippen molar-refractivity contribution in [2.24, 2.45) is 0 Å². The highest BCUT2D eigenvalue weighted by atomic mass is 16.3. The first-order chi connectivity index (χ1) is 6.34. The van der Waals surface area contributed by atoms with Crippen LogP contribution in [0, 0.1) is 0 Å². The van der Waals surface area contributed by atoms with Gasteiger partial charge in [0.05, 0.1) is 6.10 Å². The summed E-state index contributed by atoms with van der Waals surface area (Å²) in [6.07, 6.45) is 4.04. The Bertz CT molecular complexity index is 226. The molecule has 0 aliphatic rings. The fraction of sp³-hybridized carbons (Fsp3) is 0.500. The van der Waals surface area contributed by atoms with E-state index >= 15 is 0 Å². The van der Waals surface area contributed by atoms with Gasteiger partial charge in [0.25, 0.3) is 0 Å². The van der Waals surface area contributed by atoms with E-state index in [1.54, 1.807) is 12.4 Å². The Labute approximate surface area is 78.8 Å². The molecule has 0 bridgehead atoms. The number of nitrogens with zero attached hydrogens (tertiary/aromatic N) is 1. The summed E-state index contributed by atoms with van der Waals surface area (Å²) in [5, 5.41) is 12.8. The standard InChI is InChI=1S/C10H16N2O/c1-2-5-11-8-10(13)9-4-3-6-12-7-9/h3-4,6-7,10-11,13H,2,5,8H2,1H3/t10-/m0/s1. The molecule has 0 radical (unpaired) electrons. The second kappa shape index (κ2) is 5.67. The smallest absolute Gasteiger partial charge is 0.0929 e. The van der Waals surface area contributed by atoms with Gasteiger partial charge in [0.2, 0.25) is 0 Å². The molecule has 0 aliphatic carbocycles. The number of aliphatic hydroxyl groups is 1. The molecule has 1 atom stereocenters. The van der Waals surface area contributed by atoms with Gasteiger partial charge >= 0.3 is 0 Å². The van der Waals surface area contributed by atoms with Crippen molar-refractivity contribution in [1.29, 1.82) is 0 Å². The topological polar surface area (TPSA) is 45.1 Å². The third-order valence-electron chi connectivity index (χ3n) is 1.83. The predicted octanol–water partition coefficient (Wildman–Crippen LogP) is 1.11. The molecular weight excluding hydrogens is 164 g/mol. The molecule has 0 saturated carbocycles. The fourth-order valence-electron chi connectivity index (χ4n) is 1.11. The lowest BCUT2D eigenvalue weighted by molar-refractivity contribution is 0.174. The second-order valence-corrected chi connectivity index (χ2v) is 3.01. The molecular formula is C10H16N2O. The molecule has 0 saturated heterocycles.